The fraction of sp³-hybridized carbons (Fsp3) is 0.333. The van der Waals surface area contributed by atoms with E-state index in [1.165, 1.54) is 18.7 Å². The van der Waals surface area contributed by atoms with Gasteiger partial charge in [-0.3, -0.25) is 0 Å². The first-order valence-electron chi connectivity index (χ1n) is 6.28. The van der Waals surface area contributed by atoms with Crippen molar-refractivity contribution in [3.8, 4) is 5.75 Å². The molecule has 1 unspecified atom stereocenters. The zero-order valence-electron chi connectivity index (χ0n) is 11.5. The van der Waals surface area contributed by atoms with Crippen molar-refractivity contribution >= 4 is 0 Å². The molecule has 0 amide bonds. The summed E-state index contributed by atoms with van der Waals surface area (Å²) in [5.41, 5.74) is 2.12. The van der Waals surface area contributed by atoms with Gasteiger partial charge >= 0.3 is 0 Å². The number of halogens is 1. The van der Waals surface area contributed by atoms with Gasteiger partial charge in [0.05, 0.1) is 7.11 Å². The lowest BCUT2D eigenvalue weighted by atomic mass is 10.1. The Labute approximate surface area is 113 Å². The van der Waals surface area contributed by atoms with Crippen LogP contribution < -0.4 is 10.1 Å². The Balaban J connectivity index is 1.99. The van der Waals surface area contributed by atoms with E-state index in [0.29, 0.717) is 0 Å². The third-order valence-corrected chi connectivity index (χ3v) is 3.18. The maximum atomic E-state index is 13.6. The lowest BCUT2D eigenvalue weighted by Crippen LogP contribution is -2.18. The number of hydrogen-bond acceptors (Lipinski definition) is 2. The molecular weight excluding hydrogens is 243 g/mol. The van der Waals surface area contributed by atoms with Crippen molar-refractivity contribution in [1.29, 1.82) is 0 Å². The molecule has 0 saturated heterocycles. The van der Waals surface area contributed by atoms with Crippen LogP contribution in [0, 0.1) is 5.82 Å². The zero-order chi connectivity index (χ0) is 13.8. The Morgan fingerprint density at radius 2 is 2.16 bits per heavy atom. The second kappa shape index (κ2) is 5.89. The molecule has 1 heterocycles. The van der Waals surface area contributed by atoms with Gasteiger partial charge in [0.2, 0.25) is 0 Å². The molecule has 2 rings (SSSR count). The summed E-state index contributed by atoms with van der Waals surface area (Å²) in [6.45, 7) is 2.78. The van der Waals surface area contributed by atoms with Crippen molar-refractivity contribution in [3.05, 3.63) is 53.6 Å². The number of benzene rings is 1. The van der Waals surface area contributed by atoms with Crippen molar-refractivity contribution in [2.24, 2.45) is 7.05 Å². The molecule has 0 radical (unpaired) electrons. The third kappa shape index (κ3) is 3.35. The van der Waals surface area contributed by atoms with Gasteiger partial charge in [0.1, 0.15) is 0 Å². The Hall–Kier alpha value is -1.81. The molecule has 0 fully saturated rings. The van der Waals surface area contributed by atoms with Crippen LogP contribution in [0.2, 0.25) is 0 Å². The van der Waals surface area contributed by atoms with Gasteiger partial charge in [-0.25, -0.2) is 4.39 Å². The number of rotatable bonds is 5. The van der Waals surface area contributed by atoms with Gasteiger partial charge in [-0.1, -0.05) is 6.07 Å². The molecule has 1 N–H and O–H groups in total. The molecule has 1 aromatic heterocycles. The van der Waals surface area contributed by atoms with Gasteiger partial charge in [0, 0.05) is 32.0 Å². The van der Waals surface area contributed by atoms with Crippen LogP contribution in [0.25, 0.3) is 0 Å². The summed E-state index contributed by atoms with van der Waals surface area (Å²) < 4.78 is 20.5. The van der Waals surface area contributed by atoms with Crippen LogP contribution in [0.15, 0.2) is 36.7 Å². The highest BCUT2D eigenvalue weighted by atomic mass is 19.1. The molecular formula is C15H19FN2O. The predicted molar refractivity (Wildman–Crippen MR) is 73.6 cm³/mol. The van der Waals surface area contributed by atoms with E-state index >= 15 is 0 Å². The van der Waals surface area contributed by atoms with E-state index in [4.69, 9.17) is 4.74 Å². The minimum absolute atomic E-state index is 0.0839. The number of ether oxygens (including phenoxy) is 1. The Kier molecular flexibility index (Phi) is 4.22. The molecule has 2 aromatic rings. The first kappa shape index (κ1) is 13.6. The van der Waals surface area contributed by atoms with E-state index in [0.717, 1.165) is 12.1 Å². The standard InChI is InChI=1S/C15H19FN2O/c1-11(17-9-12-6-7-18(2)10-12)13-4-5-15(19-3)14(16)8-13/h4-8,10-11,17H,9H2,1-3H3. The summed E-state index contributed by atoms with van der Waals surface area (Å²) in [7, 11) is 3.46. The van der Waals surface area contributed by atoms with E-state index in [-0.39, 0.29) is 17.6 Å². The lowest BCUT2D eigenvalue weighted by Gasteiger charge is -2.14. The van der Waals surface area contributed by atoms with Crippen LogP contribution in [0.4, 0.5) is 4.39 Å². The van der Waals surface area contributed by atoms with Crippen LogP contribution in [0.3, 0.4) is 0 Å². The fourth-order valence-corrected chi connectivity index (χ4v) is 2.01. The maximum absolute atomic E-state index is 13.6. The maximum Gasteiger partial charge on any atom is 0.165 e. The zero-order valence-corrected chi connectivity index (χ0v) is 11.5. The number of methoxy groups -OCH3 is 1. The molecule has 0 bridgehead atoms. The molecule has 0 aliphatic heterocycles. The molecule has 1 aromatic carbocycles. The molecule has 0 spiro atoms. The monoisotopic (exact) mass is 262 g/mol. The van der Waals surface area contributed by atoms with E-state index < -0.39 is 0 Å². The van der Waals surface area contributed by atoms with Gasteiger partial charge in [0.15, 0.2) is 11.6 Å². The highest BCUT2D eigenvalue weighted by Crippen LogP contribution is 2.21. The van der Waals surface area contributed by atoms with Crippen molar-refractivity contribution < 1.29 is 9.13 Å². The normalized spacial score (nSPS) is 12.4. The number of nitrogens with zero attached hydrogens (tertiary/aromatic N) is 1. The minimum Gasteiger partial charge on any atom is -0.494 e. The topological polar surface area (TPSA) is 26.2 Å². The molecule has 0 saturated carbocycles. The summed E-state index contributed by atoms with van der Waals surface area (Å²) in [5, 5.41) is 3.37. The fourth-order valence-electron chi connectivity index (χ4n) is 2.01. The summed E-state index contributed by atoms with van der Waals surface area (Å²) in [6, 6.07) is 7.20. The van der Waals surface area contributed by atoms with Crippen LogP contribution in [-0.2, 0) is 13.6 Å². The van der Waals surface area contributed by atoms with Gasteiger partial charge < -0.3 is 14.6 Å². The highest BCUT2D eigenvalue weighted by molar-refractivity contribution is 5.30. The second-order valence-corrected chi connectivity index (χ2v) is 4.68. The van der Waals surface area contributed by atoms with Gasteiger partial charge in [0.25, 0.3) is 0 Å². The van der Waals surface area contributed by atoms with Gasteiger partial charge in [-0.05, 0) is 36.2 Å². The average molecular weight is 262 g/mol. The molecule has 0 aliphatic carbocycles. The molecule has 19 heavy (non-hydrogen) atoms. The largest absolute Gasteiger partial charge is 0.494 e. The number of hydrogen-bond donors (Lipinski definition) is 1. The number of nitrogens with one attached hydrogen (secondary N) is 1. The molecule has 1 atom stereocenters. The van der Waals surface area contributed by atoms with Crippen molar-refractivity contribution in [1.82, 2.24) is 9.88 Å². The first-order chi connectivity index (χ1) is 9.10. The predicted octanol–water partition coefficient (Wildman–Crippen LogP) is 3.02. The second-order valence-electron chi connectivity index (χ2n) is 4.68. The molecule has 102 valence electrons. The van der Waals surface area contributed by atoms with Crippen LogP contribution in [0.5, 0.6) is 5.75 Å². The van der Waals surface area contributed by atoms with Crippen LogP contribution >= 0.6 is 0 Å². The van der Waals surface area contributed by atoms with Gasteiger partial charge in [-0.2, -0.15) is 0 Å². The molecule has 4 heteroatoms. The number of aryl methyl sites for hydroxylation is 1. The van der Waals surface area contributed by atoms with Crippen LogP contribution in [-0.4, -0.2) is 11.7 Å². The summed E-state index contributed by atoms with van der Waals surface area (Å²) in [4.78, 5) is 0. The average Bonchev–Trinajstić information content (AvgIpc) is 2.81. The smallest absolute Gasteiger partial charge is 0.165 e. The minimum atomic E-state index is -0.326. The van der Waals surface area contributed by atoms with E-state index in [2.05, 4.69) is 17.6 Å². The third-order valence-electron chi connectivity index (χ3n) is 3.18. The van der Waals surface area contributed by atoms with Crippen LogP contribution in [0.1, 0.15) is 24.1 Å². The van der Waals surface area contributed by atoms with E-state index in [1.807, 2.05) is 30.8 Å². The first-order valence-corrected chi connectivity index (χ1v) is 6.28. The van der Waals surface area contributed by atoms with Crippen molar-refractivity contribution in [3.63, 3.8) is 0 Å². The Morgan fingerprint density at radius 1 is 1.37 bits per heavy atom. The SMILES string of the molecule is COc1ccc(C(C)NCc2ccn(C)c2)cc1F. The van der Waals surface area contributed by atoms with Gasteiger partial charge in [-0.15, -0.1) is 0 Å². The van der Waals surface area contributed by atoms with Crippen molar-refractivity contribution in [2.75, 3.05) is 7.11 Å². The summed E-state index contributed by atoms with van der Waals surface area (Å²) >= 11 is 0. The van der Waals surface area contributed by atoms with E-state index in [9.17, 15) is 4.39 Å². The Morgan fingerprint density at radius 3 is 2.74 bits per heavy atom. The van der Waals surface area contributed by atoms with Crippen molar-refractivity contribution in [2.45, 2.75) is 19.5 Å². The quantitative estimate of drug-likeness (QED) is 0.896. The molecule has 3 nitrogen and oxygen atoms in total. The Bertz CT molecular complexity index is 551. The molecule has 0 aliphatic rings. The lowest BCUT2D eigenvalue weighted by molar-refractivity contribution is 0.385. The summed E-state index contributed by atoms with van der Waals surface area (Å²) in [5.74, 6) is -0.0487. The number of aromatic nitrogens is 1. The van der Waals surface area contributed by atoms with E-state index in [1.54, 1.807) is 6.07 Å². The highest BCUT2D eigenvalue weighted by Gasteiger charge is 2.09. The summed E-state index contributed by atoms with van der Waals surface area (Å²) in [6.07, 6.45) is 4.07.